The van der Waals surface area contributed by atoms with Crippen LogP contribution >= 0.6 is 0 Å². The molecule has 0 saturated carbocycles. The Labute approximate surface area is 155 Å². The minimum absolute atomic E-state index is 0.185. The molecule has 0 radical (unpaired) electrons. The van der Waals surface area contributed by atoms with Crippen LogP contribution in [0.15, 0.2) is 35.2 Å². The summed E-state index contributed by atoms with van der Waals surface area (Å²) in [7, 11) is -4.25. The average molecular weight is 372 g/mol. The minimum Gasteiger partial charge on any atom is -0.744 e. The van der Waals surface area contributed by atoms with Gasteiger partial charge in [0, 0.05) is 0 Å². The molecule has 0 spiro atoms. The molecule has 0 aliphatic rings. The van der Waals surface area contributed by atoms with E-state index >= 15 is 0 Å². The lowest BCUT2D eigenvalue weighted by molar-refractivity contribution is -0.368. The fraction of sp³-hybridized carbons (Fsp3) is 0.700. The van der Waals surface area contributed by atoms with Crippen molar-refractivity contribution in [3.05, 3.63) is 30.3 Å². The predicted molar refractivity (Wildman–Crippen MR) is 103 cm³/mol. The van der Waals surface area contributed by atoms with Crippen LogP contribution in [0.4, 0.5) is 0 Å². The summed E-state index contributed by atoms with van der Waals surface area (Å²) in [6.07, 6.45) is 17.2. The number of hydrogen-bond donors (Lipinski definition) is 1. The van der Waals surface area contributed by atoms with E-state index in [-0.39, 0.29) is 4.90 Å². The SMILES string of the molecule is CCCCCCCCCCCCCC[NH3+].O=S(=O)([O-])c1ccccc1. The number of hydrogen-bond acceptors (Lipinski definition) is 3. The molecule has 0 atom stereocenters. The Balaban J connectivity index is 0.000000496. The van der Waals surface area contributed by atoms with Gasteiger partial charge in [-0.3, -0.25) is 0 Å². The molecule has 3 N–H and O–H groups in total. The Hall–Kier alpha value is -0.910. The summed E-state index contributed by atoms with van der Waals surface area (Å²) >= 11 is 0. The molecular weight excluding hydrogens is 334 g/mol. The van der Waals surface area contributed by atoms with Crippen molar-refractivity contribution in [1.29, 1.82) is 0 Å². The number of rotatable bonds is 13. The minimum atomic E-state index is -4.25. The Morgan fingerprint density at radius 2 is 1.16 bits per heavy atom. The normalized spacial score (nSPS) is 11.0. The van der Waals surface area contributed by atoms with Gasteiger partial charge in [-0.1, -0.05) is 89.3 Å². The molecule has 0 aliphatic heterocycles. The van der Waals surface area contributed by atoms with Gasteiger partial charge in [0.2, 0.25) is 0 Å². The first-order chi connectivity index (χ1) is 12.0. The van der Waals surface area contributed by atoms with E-state index in [0.717, 1.165) is 6.54 Å². The van der Waals surface area contributed by atoms with E-state index in [1.165, 1.54) is 101 Å². The van der Waals surface area contributed by atoms with Crippen LogP contribution < -0.4 is 5.73 Å². The van der Waals surface area contributed by atoms with Crippen LogP contribution in [0.2, 0.25) is 0 Å². The molecule has 0 bridgehead atoms. The zero-order valence-electron chi connectivity index (χ0n) is 15.9. The molecule has 0 aliphatic carbocycles. The maximum atomic E-state index is 10.3. The molecule has 4 nitrogen and oxygen atoms in total. The molecule has 1 rings (SSSR count). The third-order valence-corrected chi connectivity index (χ3v) is 4.98. The predicted octanol–water partition coefficient (Wildman–Crippen LogP) is 4.52. The first kappa shape index (κ1) is 24.1. The molecule has 0 heterocycles. The Morgan fingerprint density at radius 1 is 0.760 bits per heavy atom. The van der Waals surface area contributed by atoms with Crippen LogP contribution in [0.1, 0.15) is 84.0 Å². The highest BCUT2D eigenvalue weighted by Crippen LogP contribution is 2.11. The third kappa shape index (κ3) is 16.3. The van der Waals surface area contributed by atoms with Crippen LogP contribution in [0.5, 0.6) is 0 Å². The molecule has 146 valence electrons. The summed E-state index contributed by atoms with van der Waals surface area (Å²) < 4.78 is 30.8. The first-order valence-corrected chi connectivity index (χ1v) is 11.2. The molecule has 0 saturated heterocycles. The lowest BCUT2D eigenvalue weighted by Gasteiger charge is -2.04. The Kier molecular flexibility index (Phi) is 16.0. The van der Waals surface area contributed by atoms with Gasteiger partial charge in [0.1, 0.15) is 10.1 Å². The maximum Gasteiger partial charge on any atom is 0.124 e. The largest absolute Gasteiger partial charge is 0.744 e. The molecule has 1 aromatic carbocycles. The van der Waals surface area contributed by atoms with Gasteiger partial charge >= 0.3 is 0 Å². The first-order valence-electron chi connectivity index (χ1n) is 9.82. The summed E-state index contributed by atoms with van der Waals surface area (Å²) in [5.41, 5.74) is 3.87. The third-order valence-electron chi connectivity index (χ3n) is 4.14. The van der Waals surface area contributed by atoms with Crippen molar-refractivity contribution in [2.24, 2.45) is 0 Å². The fourth-order valence-electron chi connectivity index (χ4n) is 2.60. The van der Waals surface area contributed by atoms with E-state index in [4.69, 9.17) is 0 Å². The zero-order chi connectivity index (χ0) is 18.8. The standard InChI is InChI=1S/C14H31N.C6H6O3S/c1-2-3-4-5-6-7-8-9-10-11-12-13-14-15;7-10(8,9)6-4-2-1-3-5-6/h2-15H2,1H3;1-5H,(H,7,8,9). The van der Waals surface area contributed by atoms with Crippen LogP contribution in [-0.4, -0.2) is 19.5 Å². The molecule has 0 unspecified atom stereocenters. The van der Waals surface area contributed by atoms with E-state index in [1.807, 2.05) is 0 Å². The van der Waals surface area contributed by atoms with Crippen LogP contribution in [0.3, 0.4) is 0 Å². The molecule has 5 heteroatoms. The summed E-state index contributed by atoms with van der Waals surface area (Å²) in [5.74, 6) is 0. The van der Waals surface area contributed by atoms with Gasteiger partial charge in [0.05, 0.1) is 11.4 Å². The van der Waals surface area contributed by atoms with E-state index in [2.05, 4.69) is 12.7 Å². The highest BCUT2D eigenvalue weighted by atomic mass is 32.2. The maximum absolute atomic E-state index is 10.3. The van der Waals surface area contributed by atoms with Gasteiger partial charge in [-0.05, 0) is 25.0 Å². The van der Waals surface area contributed by atoms with E-state index in [0.29, 0.717) is 0 Å². The second kappa shape index (κ2) is 16.6. The van der Waals surface area contributed by atoms with E-state index in [1.54, 1.807) is 6.07 Å². The quantitative estimate of drug-likeness (QED) is 0.408. The number of quaternary nitrogens is 1. The van der Waals surface area contributed by atoms with Gasteiger partial charge in [0.25, 0.3) is 0 Å². The molecule has 25 heavy (non-hydrogen) atoms. The van der Waals surface area contributed by atoms with Crippen molar-refractivity contribution in [3.8, 4) is 0 Å². The summed E-state index contributed by atoms with van der Waals surface area (Å²) in [4.78, 5) is -0.185. The van der Waals surface area contributed by atoms with Gasteiger partial charge in [0.15, 0.2) is 0 Å². The zero-order valence-corrected chi connectivity index (χ0v) is 16.7. The van der Waals surface area contributed by atoms with Crippen LogP contribution in [0, 0.1) is 0 Å². The molecule has 0 aromatic heterocycles. The average Bonchev–Trinajstić information content (AvgIpc) is 2.60. The fourth-order valence-corrected chi connectivity index (χ4v) is 3.10. The second-order valence-corrected chi connectivity index (χ2v) is 7.89. The van der Waals surface area contributed by atoms with Crippen molar-refractivity contribution >= 4 is 10.1 Å². The van der Waals surface area contributed by atoms with Crippen molar-refractivity contribution in [1.82, 2.24) is 0 Å². The number of unbranched alkanes of at least 4 members (excludes halogenated alkanes) is 11. The lowest BCUT2D eigenvalue weighted by atomic mass is 10.1. The van der Waals surface area contributed by atoms with Gasteiger partial charge in [-0.15, -0.1) is 0 Å². The molecule has 0 fully saturated rings. The smallest absolute Gasteiger partial charge is 0.124 e. The molecule has 0 amide bonds. The molecule has 1 aromatic rings. The van der Waals surface area contributed by atoms with Gasteiger partial charge in [-0.2, -0.15) is 0 Å². The highest BCUT2D eigenvalue weighted by Gasteiger charge is 1.96. The summed E-state index contributed by atoms with van der Waals surface area (Å²) in [6.45, 7) is 3.41. The van der Waals surface area contributed by atoms with Crippen LogP contribution in [0.25, 0.3) is 0 Å². The Morgan fingerprint density at radius 3 is 1.48 bits per heavy atom. The molecular formula is C20H37NO3S. The Bertz CT molecular complexity index is 477. The summed E-state index contributed by atoms with van der Waals surface area (Å²) in [6, 6.07) is 7.19. The monoisotopic (exact) mass is 371 g/mol. The highest BCUT2D eigenvalue weighted by molar-refractivity contribution is 7.85. The van der Waals surface area contributed by atoms with Crippen molar-refractivity contribution in [2.75, 3.05) is 6.54 Å². The van der Waals surface area contributed by atoms with Gasteiger partial charge in [-0.25, -0.2) is 8.42 Å². The van der Waals surface area contributed by atoms with Crippen molar-refractivity contribution in [3.63, 3.8) is 0 Å². The summed E-state index contributed by atoms with van der Waals surface area (Å²) in [5, 5.41) is 0. The van der Waals surface area contributed by atoms with E-state index in [9.17, 15) is 13.0 Å². The van der Waals surface area contributed by atoms with Crippen molar-refractivity contribution < 1.29 is 18.7 Å². The number of benzene rings is 1. The van der Waals surface area contributed by atoms with Crippen molar-refractivity contribution in [2.45, 2.75) is 88.9 Å². The lowest BCUT2D eigenvalue weighted by Crippen LogP contribution is -2.50. The topological polar surface area (TPSA) is 84.8 Å². The van der Waals surface area contributed by atoms with Crippen LogP contribution in [-0.2, 0) is 10.1 Å². The van der Waals surface area contributed by atoms with Gasteiger partial charge < -0.3 is 10.3 Å². The second-order valence-electron chi connectivity index (χ2n) is 6.51. The van der Waals surface area contributed by atoms with E-state index < -0.39 is 10.1 Å².